The van der Waals surface area contributed by atoms with Gasteiger partial charge in [0, 0.05) is 6.92 Å². The van der Waals surface area contributed by atoms with Crippen molar-refractivity contribution < 1.29 is 23.4 Å². The van der Waals surface area contributed by atoms with Gasteiger partial charge in [-0.05, 0) is 37.0 Å². The molecule has 0 saturated heterocycles. The van der Waals surface area contributed by atoms with Gasteiger partial charge in [0.15, 0.2) is 0 Å². The molecule has 1 amide bonds. The lowest BCUT2D eigenvalue weighted by molar-refractivity contribution is -0.117. The molecule has 0 aromatic heterocycles. The second-order valence-electron chi connectivity index (χ2n) is 6.60. The smallest absolute Gasteiger partial charge is 0.268 e. The van der Waals surface area contributed by atoms with Gasteiger partial charge >= 0.3 is 0 Å². The molecule has 0 spiro atoms. The van der Waals surface area contributed by atoms with Crippen LogP contribution >= 0.6 is 0 Å². The Morgan fingerprint density at radius 3 is 2.44 bits per heavy atom. The predicted octanol–water partition coefficient (Wildman–Crippen LogP) is 3.63. The fraction of sp³-hybridized carbons (Fsp3) is 0.350. The van der Waals surface area contributed by atoms with Gasteiger partial charge in [0.05, 0.1) is 5.56 Å². The fourth-order valence-corrected chi connectivity index (χ4v) is 4.41. The number of hydrogen-bond acceptors (Lipinski definition) is 5. The molecule has 2 aromatic carbocycles. The van der Waals surface area contributed by atoms with Crippen molar-refractivity contribution in [2.45, 2.75) is 51.3 Å². The molecule has 0 fully saturated rings. The van der Waals surface area contributed by atoms with Gasteiger partial charge in [-0.25, -0.2) is 13.1 Å². The Labute approximate surface area is 159 Å². The zero-order valence-electron chi connectivity index (χ0n) is 15.7. The molecular weight excluding hydrogens is 366 g/mol. The minimum atomic E-state index is -4.28. The van der Waals surface area contributed by atoms with Crippen molar-refractivity contribution in [2.24, 2.45) is 0 Å². The summed E-state index contributed by atoms with van der Waals surface area (Å²) in [5.74, 6) is -1.51. The van der Waals surface area contributed by atoms with Crippen LogP contribution in [0.5, 0.6) is 11.5 Å². The quantitative estimate of drug-likeness (QED) is 0.625. The molecule has 0 heterocycles. The summed E-state index contributed by atoms with van der Waals surface area (Å²) in [4.78, 5) is 11.0. The number of nitrogens with one attached hydrogen (secondary N) is 1. The average molecular weight is 391 g/mol. The topological polar surface area (TPSA) is 104 Å². The van der Waals surface area contributed by atoms with Crippen LogP contribution in [0.15, 0.2) is 35.2 Å². The van der Waals surface area contributed by atoms with Gasteiger partial charge in [0.2, 0.25) is 5.91 Å². The van der Waals surface area contributed by atoms with Crippen LogP contribution in [0.3, 0.4) is 0 Å². The Morgan fingerprint density at radius 2 is 1.85 bits per heavy atom. The van der Waals surface area contributed by atoms with Crippen LogP contribution in [0.1, 0.15) is 44.2 Å². The molecule has 27 heavy (non-hydrogen) atoms. The largest absolute Gasteiger partial charge is 0.507 e. The highest BCUT2D eigenvalue weighted by Gasteiger charge is 2.28. The number of phenols is 2. The van der Waals surface area contributed by atoms with Crippen molar-refractivity contribution in [1.82, 2.24) is 4.72 Å². The molecular formula is C20H25NO5S. The monoisotopic (exact) mass is 391 g/mol. The van der Waals surface area contributed by atoms with E-state index in [9.17, 15) is 23.4 Å². The molecule has 3 N–H and O–H groups in total. The van der Waals surface area contributed by atoms with Crippen molar-refractivity contribution in [3.63, 3.8) is 0 Å². The third-order valence-corrected chi connectivity index (χ3v) is 5.76. The number of benzene rings is 2. The minimum Gasteiger partial charge on any atom is -0.507 e. The molecule has 6 nitrogen and oxygen atoms in total. The minimum absolute atomic E-state index is 0.0295. The highest BCUT2D eigenvalue weighted by molar-refractivity contribution is 7.90. The molecule has 0 aliphatic rings. The number of amides is 1. The Kier molecular flexibility index (Phi) is 6.49. The van der Waals surface area contributed by atoms with Crippen molar-refractivity contribution in [1.29, 1.82) is 0 Å². The van der Waals surface area contributed by atoms with Crippen LogP contribution in [0.4, 0.5) is 0 Å². The molecule has 0 radical (unpaired) electrons. The lowest BCUT2D eigenvalue weighted by atomic mass is 9.97. The van der Waals surface area contributed by atoms with Crippen LogP contribution in [0, 0.1) is 6.92 Å². The van der Waals surface area contributed by atoms with E-state index < -0.39 is 21.7 Å². The van der Waals surface area contributed by atoms with Crippen LogP contribution in [0.25, 0.3) is 11.1 Å². The number of carbonyl (C=O) groups excluding carboxylic acids is 1. The van der Waals surface area contributed by atoms with Gasteiger partial charge in [-0.1, -0.05) is 49.6 Å². The van der Waals surface area contributed by atoms with Gasteiger partial charge in [-0.2, -0.15) is 0 Å². The summed E-state index contributed by atoms with van der Waals surface area (Å²) in [6, 6.07) is 8.38. The summed E-state index contributed by atoms with van der Waals surface area (Å²) in [5.41, 5.74) is 1.69. The normalized spacial score (nSPS) is 11.4. The zero-order valence-corrected chi connectivity index (χ0v) is 16.6. The maximum atomic E-state index is 12.7. The van der Waals surface area contributed by atoms with Gasteiger partial charge in [-0.3, -0.25) is 4.79 Å². The van der Waals surface area contributed by atoms with Crippen molar-refractivity contribution in [3.8, 4) is 22.6 Å². The summed E-state index contributed by atoms with van der Waals surface area (Å²) in [6.07, 6.45) is 2.87. The average Bonchev–Trinajstić information content (AvgIpc) is 2.53. The number of aromatic hydroxyl groups is 2. The summed E-state index contributed by atoms with van der Waals surface area (Å²) in [5, 5.41) is 21.3. The lowest BCUT2D eigenvalue weighted by Crippen LogP contribution is -2.29. The summed E-state index contributed by atoms with van der Waals surface area (Å²) in [7, 11) is -4.28. The zero-order chi connectivity index (χ0) is 20.2. The second-order valence-corrected chi connectivity index (χ2v) is 8.22. The van der Waals surface area contributed by atoms with E-state index >= 15 is 0 Å². The highest BCUT2D eigenvalue weighted by atomic mass is 32.2. The van der Waals surface area contributed by atoms with E-state index in [1.165, 1.54) is 6.07 Å². The highest BCUT2D eigenvalue weighted by Crippen LogP contribution is 2.44. The van der Waals surface area contributed by atoms with E-state index in [1.807, 2.05) is 24.6 Å². The first-order chi connectivity index (χ1) is 12.7. The number of sulfonamides is 1. The second kappa shape index (κ2) is 8.43. The van der Waals surface area contributed by atoms with Gasteiger partial charge in [-0.15, -0.1) is 0 Å². The van der Waals surface area contributed by atoms with Crippen LogP contribution in [0.2, 0.25) is 0 Å². The summed E-state index contributed by atoms with van der Waals surface area (Å²) >= 11 is 0. The van der Waals surface area contributed by atoms with Crippen molar-refractivity contribution in [2.75, 3.05) is 0 Å². The van der Waals surface area contributed by atoms with Crippen LogP contribution in [-0.4, -0.2) is 24.5 Å². The van der Waals surface area contributed by atoms with E-state index in [0.29, 0.717) is 18.4 Å². The van der Waals surface area contributed by atoms with Gasteiger partial charge < -0.3 is 10.2 Å². The maximum Gasteiger partial charge on any atom is 0.268 e. The molecule has 0 aliphatic heterocycles. The summed E-state index contributed by atoms with van der Waals surface area (Å²) in [6.45, 7) is 4.96. The number of unbranched alkanes of at least 4 members (excludes halogenated alkanes) is 2. The standard InChI is InChI=1S/C20H25NO5S/c1-4-5-6-9-16-12-17(23)18(15-10-7-8-13(2)11-15)19(24)20(16)27(25,26)21-14(3)22/h7-8,10-12,23-24H,4-6,9H2,1-3H3,(H,21,22). The molecule has 0 aliphatic carbocycles. The number of hydrogen-bond donors (Lipinski definition) is 3. The summed E-state index contributed by atoms with van der Waals surface area (Å²) < 4.78 is 27.3. The van der Waals surface area contributed by atoms with E-state index in [-0.39, 0.29) is 21.8 Å². The van der Waals surface area contributed by atoms with Gasteiger partial charge in [0.25, 0.3) is 10.0 Å². The van der Waals surface area contributed by atoms with Crippen LogP contribution in [-0.2, 0) is 21.2 Å². The molecule has 0 unspecified atom stereocenters. The molecule has 146 valence electrons. The Balaban J connectivity index is 2.72. The Hall–Kier alpha value is -2.54. The number of aryl methyl sites for hydroxylation is 2. The number of carbonyl (C=O) groups is 1. The Morgan fingerprint density at radius 1 is 1.15 bits per heavy atom. The third-order valence-electron chi connectivity index (χ3n) is 4.21. The molecule has 2 rings (SSSR count). The van der Waals surface area contributed by atoms with Crippen LogP contribution < -0.4 is 4.72 Å². The first-order valence-corrected chi connectivity index (χ1v) is 10.3. The SMILES string of the molecule is CCCCCc1cc(O)c(-c2cccc(C)c2)c(O)c1S(=O)(=O)NC(C)=O. The van der Waals surface area contributed by atoms with E-state index in [1.54, 1.807) is 18.2 Å². The Bertz CT molecular complexity index is 951. The molecule has 2 aromatic rings. The molecule has 7 heteroatoms. The van der Waals surface area contributed by atoms with E-state index in [0.717, 1.165) is 25.3 Å². The maximum absolute atomic E-state index is 12.7. The number of rotatable bonds is 7. The third kappa shape index (κ3) is 4.80. The predicted molar refractivity (Wildman–Crippen MR) is 104 cm³/mol. The first kappa shape index (κ1) is 20.8. The van der Waals surface area contributed by atoms with E-state index in [2.05, 4.69) is 0 Å². The van der Waals surface area contributed by atoms with E-state index in [4.69, 9.17) is 0 Å². The molecule has 0 atom stereocenters. The molecule has 0 bridgehead atoms. The number of phenolic OH excluding ortho intramolecular Hbond substituents is 2. The van der Waals surface area contributed by atoms with Crippen molar-refractivity contribution >= 4 is 15.9 Å². The lowest BCUT2D eigenvalue weighted by Gasteiger charge is -2.17. The first-order valence-electron chi connectivity index (χ1n) is 8.85. The molecule has 0 saturated carbocycles. The van der Waals surface area contributed by atoms with Crippen molar-refractivity contribution in [3.05, 3.63) is 41.5 Å². The fourth-order valence-electron chi connectivity index (χ4n) is 3.07. The van der Waals surface area contributed by atoms with Gasteiger partial charge in [0.1, 0.15) is 16.4 Å².